The van der Waals surface area contributed by atoms with Gasteiger partial charge in [0.15, 0.2) is 11.0 Å². The Bertz CT molecular complexity index is 1150. The molecule has 33 heavy (non-hydrogen) atoms. The van der Waals surface area contributed by atoms with Crippen molar-refractivity contribution in [1.82, 2.24) is 25.2 Å². The molecule has 0 aliphatic carbocycles. The number of hydrogen-bond donors (Lipinski definition) is 4. The number of guanidine groups is 1. The first-order chi connectivity index (χ1) is 15.9. The number of ketones is 1. The van der Waals surface area contributed by atoms with Crippen LogP contribution in [-0.2, 0) is 17.8 Å². The molecule has 1 amide bonds. The van der Waals surface area contributed by atoms with E-state index in [1.54, 1.807) is 5.38 Å². The van der Waals surface area contributed by atoms with Crippen molar-refractivity contribution in [3.8, 4) is 0 Å². The summed E-state index contributed by atoms with van der Waals surface area (Å²) in [4.78, 5) is 46.5. The van der Waals surface area contributed by atoms with Gasteiger partial charge < -0.3 is 20.9 Å². The van der Waals surface area contributed by atoms with Gasteiger partial charge >= 0.3 is 0 Å². The van der Waals surface area contributed by atoms with Gasteiger partial charge in [-0.05, 0) is 18.4 Å². The molecule has 2 aromatic heterocycles. The minimum atomic E-state index is -0.807. The Morgan fingerprint density at radius 3 is 2.67 bits per heavy atom. The molecular weight excluding hydrogens is 442 g/mol. The number of nitrogens with zero attached hydrogens (tertiary/aromatic N) is 3. The van der Waals surface area contributed by atoms with E-state index in [9.17, 15) is 14.4 Å². The molecular formula is C22H25N7O3S. The molecule has 0 radical (unpaired) electrons. The van der Waals surface area contributed by atoms with E-state index >= 15 is 0 Å². The molecule has 1 atom stereocenters. The molecule has 0 aliphatic rings. The third-order valence-corrected chi connectivity index (χ3v) is 5.58. The van der Waals surface area contributed by atoms with Crippen LogP contribution >= 0.6 is 11.3 Å². The van der Waals surface area contributed by atoms with Gasteiger partial charge in [0.25, 0.3) is 5.56 Å². The number of carbonyl (C=O) groups is 2. The second-order valence-electron chi connectivity index (χ2n) is 7.27. The summed E-state index contributed by atoms with van der Waals surface area (Å²) in [6.45, 7) is 0.149. The molecule has 11 heteroatoms. The van der Waals surface area contributed by atoms with Gasteiger partial charge in [-0.15, -0.1) is 11.3 Å². The summed E-state index contributed by atoms with van der Waals surface area (Å²) in [5.41, 5.74) is 6.20. The van der Waals surface area contributed by atoms with Gasteiger partial charge in [-0.25, -0.2) is 4.98 Å². The highest BCUT2D eigenvalue weighted by atomic mass is 32.1. The lowest BCUT2D eigenvalue weighted by atomic mass is 10.1. The maximum Gasteiger partial charge on any atom is 0.273 e. The molecule has 0 spiro atoms. The number of nitrogens with one attached hydrogen (secondary N) is 3. The van der Waals surface area contributed by atoms with E-state index in [1.807, 2.05) is 30.3 Å². The maximum absolute atomic E-state index is 12.8. The van der Waals surface area contributed by atoms with Crippen molar-refractivity contribution in [1.29, 1.82) is 5.41 Å². The van der Waals surface area contributed by atoms with E-state index in [2.05, 4.69) is 20.6 Å². The standard InChI is InChI=1S/C22H25N7O3S/c23-22(24)27-8-4-7-16(19(31)20-26-10-12-33-20)28-18(30)14-29-11-9-25-17(21(29)32)13-15-5-2-1-3-6-15/h1-3,5-6,9-12,16H,4,7-8,13-14H2,(H,28,30)(H4,23,24,27)/t16-/m0/s1. The molecule has 3 rings (SSSR count). The number of amides is 1. The Labute approximate surface area is 194 Å². The van der Waals surface area contributed by atoms with Crippen LogP contribution in [0.4, 0.5) is 0 Å². The number of nitrogens with two attached hydrogens (primary N) is 1. The molecule has 172 valence electrons. The number of aromatic nitrogens is 3. The van der Waals surface area contributed by atoms with Crippen LogP contribution in [0.15, 0.2) is 59.1 Å². The third-order valence-electron chi connectivity index (χ3n) is 4.79. The quantitative estimate of drug-likeness (QED) is 0.141. The first-order valence-electron chi connectivity index (χ1n) is 10.3. The Hall–Kier alpha value is -3.86. The molecule has 2 heterocycles. The second-order valence-corrected chi connectivity index (χ2v) is 8.17. The monoisotopic (exact) mass is 467 g/mol. The summed E-state index contributed by atoms with van der Waals surface area (Å²) in [5, 5.41) is 14.6. The lowest BCUT2D eigenvalue weighted by molar-refractivity contribution is -0.122. The second kappa shape index (κ2) is 11.7. The van der Waals surface area contributed by atoms with Crippen LogP contribution in [0.2, 0.25) is 0 Å². The van der Waals surface area contributed by atoms with E-state index in [0.29, 0.717) is 36.5 Å². The van der Waals surface area contributed by atoms with Crippen molar-refractivity contribution in [2.75, 3.05) is 6.54 Å². The smallest absolute Gasteiger partial charge is 0.273 e. The van der Waals surface area contributed by atoms with Crippen molar-refractivity contribution >= 4 is 29.0 Å². The lowest BCUT2D eigenvalue weighted by Gasteiger charge is -2.17. The molecule has 0 saturated heterocycles. The summed E-state index contributed by atoms with van der Waals surface area (Å²) in [6, 6.07) is 8.66. The normalized spacial score (nSPS) is 11.5. The predicted molar refractivity (Wildman–Crippen MR) is 125 cm³/mol. The van der Waals surface area contributed by atoms with Crippen LogP contribution in [0.1, 0.15) is 33.9 Å². The minimum absolute atomic E-state index is 0.162. The van der Waals surface area contributed by atoms with Crippen LogP contribution in [0.3, 0.4) is 0 Å². The Balaban J connectivity index is 1.67. The largest absolute Gasteiger partial charge is 0.370 e. The average molecular weight is 468 g/mol. The number of benzene rings is 1. The minimum Gasteiger partial charge on any atom is -0.370 e. The van der Waals surface area contributed by atoms with E-state index in [0.717, 1.165) is 5.56 Å². The van der Waals surface area contributed by atoms with E-state index in [4.69, 9.17) is 11.1 Å². The molecule has 5 N–H and O–H groups in total. The fourth-order valence-electron chi connectivity index (χ4n) is 3.21. The molecule has 0 saturated carbocycles. The topological polar surface area (TPSA) is 156 Å². The highest BCUT2D eigenvalue weighted by Gasteiger charge is 2.24. The van der Waals surface area contributed by atoms with Crippen LogP contribution in [0.5, 0.6) is 0 Å². The molecule has 0 bridgehead atoms. The summed E-state index contributed by atoms with van der Waals surface area (Å²) in [7, 11) is 0. The van der Waals surface area contributed by atoms with E-state index in [-0.39, 0.29) is 23.8 Å². The van der Waals surface area contributed by atoms with Gasteiger partial charge in [-0.2, -0.15) is 0 Å². The van der Waals surface area contributed by atoms with E-state index in [1.165, 1.54) is 34.5 Å². The fourth-order valence-corrected chi connectivity index (χ4v) is 3.85. The number of carbonyl (C=O) groups excluding carboxylic acids is 2. The Kier molecular flexibility index (Phi) is 8.42. The summed E-state index contributed by atoms with van der Waals surface area (Å²) >= 11 is 1.19. The van der Waals surface area contributed by atoms with Crippen molar-refractivity contribution in [3.05, 3.63) is 80.9 Å². The first-order valence-corrected chi connectivity index (χ1v) is 11.2. The molecule has 3 aromatic rings. The summed E-state index contributed by atoms with van der Waals surface area (Å²) < 4.78 is 1.28. The lowest BCUT2D eigenvalue weighted by Crippen LogP contribution is -2.44. The van der Waals surface area contributed by atoms with Crippen LogP contribution < -0.4 is 21.9 Å². The SMILES string of the molecule is N=C(N)NCCC[C@H](NC(=O)Cn1ccnc(Cc2ccccc2)c1=O)C(=O)c1nccs1. The number of thiazole rings is 1. The van der Waals surface area contributed by atoms with Crippen LogP contribution in [0, 0.1) is 5.41 Å². The Morgan fingerprint density at radius 2 is 1.97 bits per heavy atom. The van der Waals surface area contributed by atoms with Gasteiger partial charge in [0.05, 0.1) is 6.04 Å². The summed E-state index contributed by atoms with van der Waals surface area (Å²) in [6.07, 6.45) is 5.64. The predicted octanol–water partition coefficient (Wildman–Crippen LogP) is 0.922. The van der Waals surface area contributed by atoms with Crippen LogP contribution in [0.25, 0.3) is 0 Å². The number of Topliss-reactive ketones (excluding diaryl/α,β-unsaturated/α-hetero) is 1. The van der Waals surface area contributed by atoms with Crippen LogP contribution in [-0.4, -0.2) is 44.8 Å². The van der Waals surface area contributed by atoms with Gasteiger partial charge in [0.1, 0.15) is 12.2 Å². The highest BCUT2D eigenvalue weighted by molar-refractivity contribution is 7.11. The van der Waals surface area contributed by atoms with E-state index < -0.39 is 11.9 Å². The molecule has 0 aliphatic heterocycles. The number of rotatable bonds is 11. The number of hydrogen-bond acceptors (Lipinski definition) is 7. The van der Waals surface area contributed by atoms with Crippen molar-refractivity contribution < 1.29 is 9.59 Å². The molecule has 0 unspecified atom stereocenters. The van der Waals surface area contributed by atoms with Gasteiger partial charge in [-0.1, -0.05) is 30.3 Å². The zero-order valence-corrected chi connectivity index (χ0v) is 18.7. The molecule has 10 nitrogen and oxygen atoms in total. The zero-order chi connectivity index (χ0) is 23.6. The van der Waals surface area contributed by atoms with Crippen molar-refractivity contribution in [2.24, 2.45) is 5.73 Å². The van der Waals surface area contributed by atoms with Crippen molar-refractivity contribution in [2.45, 2.75) is 31.8 Å². The summed E-state index contributed by atoms with van der Waals surface area (Å²) in [5.74, 6) is -0.929. The average Bonchev–Trinajstić information content (AvgIpc) is 3.33. The third kappa shape index (κ3) is 7.07. The van der Waals surface area contributed by atoms with Gasteiger partial charge in [-0.3, -0.25) is 24.8 Å². The van der Waals surface area contributed by atoms with Crippen molar-refractivity contribution in [3.63, 3.8) is 0 Å². The fraction of sp³-hybridized carbons (Fsp3) is 0.273. The molecule has 1 aromatic carbocycles. The highest BCUT2D eigenvalue weighted by Crippen LogP contribution is 2.11. The Morgan fingerprint density at radius 1 is 1.18 bits per heavy atom. The van der Waals surface area contributed by atoms with Gasteiger partial charge in [0, 0.05) is 36.9 Å². The zero-order valence-electron chi connectivity index (χ0n) is 17.9. The molecule has 0 fully saturated rings. The first kappa shape index (κ1) is 23.8. The maximum atomic E-state index is 12.8. The van der Waals surface area contributed by atoms with Gasteiger partial charge in [0.2, 0.25) is 11.7 Å².